The molecule has 5 heteroatoms. The summed E-state index contributed by atoms with van der Waals surface area (Å²) < 4.78 is 11.3. The molecule has 1 aliphatic heterocycles. The van der Waals surface area contributed by atoms with Gasteiger partial charge in [0.15, 0.2) is 0 Å². The van der Waals surface area contributed by atoms with Crippen LogP contribution in [0.5, 0.6) is 0 Å². The predicted molar refractivity (Wildman–Crippen MR) is 80.0 cm³/mol. The van der Waals surface area contributed by atoms with Crippen LogP contribution in [0, 0.1) is 0 Å². The van der Waals surface area contributed by atoms with Gasteiger partial charge in [-0.2, -0.15) is 0 Å². The van der Waals surface area contributed by atoms with Crippen molar-refractivity contribution in [2.75, 3.05) is 19.7 Å². The molecular formula is C16H20N2O3. The lowest BCUT2D eigenvalue weighted by Gasteiger charge is -2.23. The van der Waals surface area contributed by atoms with Crippen LogP contribution < -0.4 is 10.6 Å². The van der Waals surface area contributed by atoms with Crippen molar-refractivity contribution in [1.29, 1.82) is 0 Å². The number of amides is 1. The maximum absolute atomic E-state index is 12.0. The smallest absolute Gasteiger partial charge is 0.223 e. The maximum Gasteiger partial charge on any atom is 0.223 e. The SMILES string of the molecule is CC(NC(=O)CC1CNCCO1)c1cc2ccccc2o1. The molecule has 1 saturated heterocycles. The number of hydrogen-bond donors (Lipinski definition) is 2. The summed E-state index contributed by atoms with van der Waals surface area (Å²) in [6, 6.07) is 9.65. The van der Waals surface area contributed by atoms with Gasteiger partial charge in [-0.1, -0.05) is 18.2 Å². The van der Waals surface area contributed by atoms with Crippen molar-refractivity contribution >= 4 is 16.9 Å². The first-order valence-electron chi connectivity index (χ1n) is 7.32. The van der Waals surface area contributed by atoms with Gasteiger partial charge >= 0.3 is 0 Å². The number of nitrogens with one attached hydrogen (secondary N) is 2. The fraction of sp³-hybridized carbons (Fsp3) is 0.438. The fourth-order valence-corrected chi connectivity index (χ4v) is 2.54. The maximum atomic E-state index is 12.0. The number of hydrogen-bond acceptors (Lipinski definition) is 4. The number of morpholine rings is 1. The molecule has 0 spiro atoms. The third-order valence-electron chi connectivity index (χ3n) is 3.67. The minimum Gasteiger partial charge on any atom is -0.459 e. The summed E-state index contributed by atoms with van der Waals surface area (Å²) >= 11 is 0. The van der Waals surface area contributed by atoms with E-state index in [0.29, 0.717) is 13.0 Å². The van der Waals surface area contributed by atoms with E-state index >= 15 is 0 Å². The lowest BCUT2D eigenvalue weighted by Crippen LogP contribution is -2.41. The molecule has 0 bridgehead atoms. The molecule has 2 heterocycles. The third-order valence-corrected chi connectivity index (χ3v) is 3.67. The van der Waals surface area contributed by atoms with Gasteiger partial charge in [0.25, 0.3) is 0 Å². The van der Waals surface area contributed by atoms with E-state index in [-0.39, 0.29) is 18.1 Å². The highest BCUT2D eigenvalue weighted by atomic mass is 16.5. The molecule has 1 aromatic heterocycles. The van der Waals surface area contributed by atoms with Crippen LogP contribution in [0.1, 0.15) is 25.1 Å². The van der Waals surface area contributed by atoms with Gasteiger partial charge < -0.3 is 19.8 Å². The highest BCUT2D eigenvalue weighted by molar-refractivity contribution is 5.79. The van der Waals surface area contributed by atoms with Crippen molar-refractivity contribution in [3.63, 3.8) is 0 Å². The number of rotatable bonds is 4. The van der Waals surface area contributed by atoms with Crippen LogP contribution >= 0.6 is 0 Å². The summed E-state index contributed by atoms with van der Waals surface area (Å²) in [5.41, 5.74) is 0.841. The number of para-hydroxylation sites is 1. The van der Waals surface area contributed by atoms with E-state index in [2.05, 4.69) is 10.6 Å². The van der Waals surface area contributed by atoms with E-state index in [1.807, 2.05) is 37.3 Å². The second kappa shape index (κ2) is 6.28. The minimum absolute atomic E-state index is 0.0170. The molecule has 1 aromatic carbocycles. The van der Waals surface area contributed by atoms with E-state index in [9.17, 15) is 4.79 Å². The monoisotopic (exact) mass is 288 g/mol. The molecule has 2 N–H and O–H groups in total. The summed E-state index contributed by atoms with van der Waals surface area (Å²) in [6.07, 6.45) is 0.332. The molecular weight excluding hydrogens is 268 g/mol. The topological polar surface area (TPSA) is 63.5 Å². The molecule has 21 heavy (non-hydrogen) atoms. The Hall–Kier alpha value is -1.85. The Morgan fingerprint density at radius 1 is 1.48 bits per heavy atom. The zero-order chi connectivity index (χ0) is 14.7. The van der Waals surface area contributed by atoms with Crippen molar-refractivity contribution < 1.29 is 13.9 Å². The van der Waals surface area contributed by atoms with E-state index in [1.54, 1.807) is 0 Å². The Morgan fingerprint density at radius 2 is 2.33 bits per heavy atom. The van der Waals surface area contributed by atoms with Crippen LogP contribution in [0.15, 0.2) is 34.7 Å². The van der Waals surface area contributed by atoms with E-state index < -0.39 is 0 Å². The van der Waals surface area contributed by atoms with Crippen LogP contribution in [0.4, 0.5) is 0 Å². The molecule has 1 fully saturated rings. The zero-order valence-electron chi connectivity index (χ0n) is 12.1. The van der Waals surface area contributed by atoms with Gasteiger partial charge in [0.05, 0.1) is 25.2 Å². The van der Waals surface area contributed by atoms with Crippen molar-refractivity contribution in [3.8, 4) is 0 Å². The molecule has 0 saturated carbocycles. The summed E-state index contributed by atoms with van der Waals surface area (Å²) in [7, 11) is 0. The number of ether oxygens (including phenoxy) is 1. The predicted octanol–water partition coefficient (Wildman–Crippen LogP) is 1.99. The second-order valence-electron chi connectivity index (χ2n) is 5.38. The molecule has 112 valence electrons. The molecule has 1 amide bonds. The fourth-order valence-electron chi connectivity index (χ4n) is 2.54. The van der Waals surface area contributed by atoms with E-state index in [0.717, 1.165) is 29.8 Å². The van der Waals surface area contributed by atoms with Gasteiger partial charge in [0.1, 0.15) is 11.3 Å². The van der Waals surface area contributed by atoms with Crippen molar-refractivity contribution in [1.82, 2.24) is 10.6 Å². The van der Waals surface area contributed by atoms with Crippen molar-refractivity contribution in [3.05, 3.63) is 36.1 Å². The number of fused-ring (bicyclic) bond motifs is 1. The number of carbonyl (C=O) groups excluding carboxylic acids is 1. The van der Waals surface area contributed by atoms with Crippen LogP contribution in [-0.4, -0.2) is 31.7 Å². The molecule has 5 nitrogen and oxygen atoms in total. The summed E-state index contributed by atoms with van der Waals surface area (Å²) in [4.78, 5) is 12.0. The quantitative estimate of drug-likeness (QED) is 0.903. The first-order chi connectivity index (χ1) is 10.2. The first-order valence-corrected chi connectivity index (χ1v) is 7.32. The van der Waals surface area contributed by atoms with Gasteiger partial charge in [0.2, 0.25) is 5.91 Å². The average molecular weight is 288 g/mol. The van der Waals surface area contributed by atoms with Gasteiger partial charge in [-0.05, 0) is 19.1 Å². The van der Waals surface area contributed by atoms with Gasteiger partial charge in [-0.15, -0.1) is 0 Å². The number of carbonyl (C=O) groups is 1. The zero-order valence-corrected chi connectivity index (χ0v) is 12.1. The van der Waals surface area contributed by atoms with Gasteiger partial charge in [-0.3, -0.25) is 4.79 Å². The average Bonchev–Trinajstić information content (AvgIpc) is 2.92. The van der Waals surface area contributed by atoms with Gasteiger partial charge in [-0.25, -0.2) is 0 Å². The summed E-state index contributed by atoms with van der Waals surface area (Å²) in [5, 5.41) is 7.23. The molecule has 2 aromatic rings. The molecule has 1 aliphatic rings. The molecule has 3 rings (SSSR count). The van der Waals surface area contributed by atoms with Crippen molar-refractivity contribution in [2.45, 2.75) is 25.5 Å². The summed E-state index contributed by atoms with van der Waals surface area (Å²) in [6.45, 7) is 4.17. The second-order valence-corrected chi connectivity index (χ2v) is 5.38. The highest BCUT2D eigenvalue weighted by Crippen LogP contribution is 2.23. The molecule has 0 aliphatic carbocycles. The Balaban J connectivity index is 1.59. The van der Waals surface area contributed by atoms with E-state index in [1.165, 1.54) is 0 Å². The largest absolute Gasteiger partial charge is 0.459 e. The Labute approximate surface area is 123 Å². The standard InChI is InChI=1S/C16H20N2O3/c1-11(15-8-12-4-2-3-5-14(12)21-15)18-16(19)9-13-10-17-6-7-20-13/h2-5,8,11,13,17H,6-7,9-10H2,1H3,(H,18,19). The van der Waals surface area contributed by atoms with Crippen LogP contribution in [0.2, 0.25) is 0 Å². The Kier molecular flexibility index (Phi) is 4.22. The third kappa shape index (κ3) is 3.43. The normalized spacial score (nSPS) is 20.3. The lowest BCUT2D eigenvalue weighted by molar-refractivity contribution is -0.125. The van der Waals surface area contributed by atoms with Crippen LogP contribution in [0.25, 0.3) is 11.0 Å². The molecule has 2 atom stereocenters. The lowest BCUT2D eigenvalue weighted by atomic mass is 10.2. The molecule has 0 radical (unpaired) electrons. The number of benzene rings is 1. The van der Waals surface area contributed by atoms with E-state index in [4.69, 9.17) is 9.15 Å². The Bertz CT molecular complexity index is 584. The Morgan fingerprint density at radius 3 is 3.10 bits per heavy atom. The first kappa shape index (κ1) is 14.1. The van der Waals surface area contributed by atoms with Crippen LogP contribution in [-0.2, 0) is 9.53 Å². The van der Waals surface area contributed by atoms with Crippen molar-refractivity contribution in [2.24, 2.45) is 0 Å². The van der Waals surface area contributed by atoms with Crippen LogP contribution in [0.3, 0.4) is 0 Å². The highest BCUT2D eigenvalue weighted by Gasteiger charge is 2.20. The molecule has 2 unspecified atom stereocenters. The van der Waals surface area contributed by atoms with Gasteiger partial charge in [0, 0.05) is 18.5 Å². The summed E-state index contributed by atoms with van der Waals surface area (Å²) in [5.74, 6) is 0.754. The minimum atomic E-state index is -0.151. The number of furan rings is 1.